The minimum absolute atomic E-state index is 0.123. The predicted molar refractivity (Wildman–Crippen MR) is 113 cm³/mol. The largest absolute Gasteiger partial charge is 0.382 e. The Kier molecular flexibility index (Phi) is 4.14. The molecule has 2 fully saturated rings. The second-order valence-corrected chi connectivity index (χ2v) is 8.44. The van der Waals surface area contributed by atoms with E-state index in [9.17, 15) is 4.79 Å². The minimum Gasteiger partial charge on any atom is -0.382 e. The Bertz CT molecular complexity index is 1130. The molecule has 3 aromatic rings. The average molecular weight is 407 g/mol. The van der Waals surface area contributed by atoms with Gasteiger partial charge in [-0.3, -0.25) is 4.79 Å². The maximum atomic E-state index is 13.2. The van der Waals surface area contributed by atoms with E-state index in [1.54, 1.807) is 4.68 Å². The van der Waals surface area contributed by atoms with Gasteiger partial charge in [-0.2, -0.15) is 0 Å². The number of fused-ring (bicyclic) bond motifs is 1. The van der Waals surface area contributed by atoms with Crippen LogP contribution < -0.4 is 16.0 Å². The molecule has 0 spiro atoms. The summed E-state index contributed by atoms with van der Waals surface area (Å²) in [7, 11) is 4.19. The van der Waals surface area contributed by atoms with Crippen LogP contribution in [0.4, 0.5) is 11.5 Å². The lowest BCUT2D eigenvalue weighted by Gasteiger charge is -2.44. The highest BCUT2D eigenvalue weighted by molar-refractivity contribution is 5.97. The van der Waals surface area contributed by atoms with Crippen LogP contribution in [0.25, 0.3) is 11.2 Å². The van der Waals surface area contributed by atoms with E-state index in [-0.39, 0.29) is 11.7 Å². The summed E-state index contributed by atoms with van der Waals surface area (Å²) in [5.41, 5.74) is 8.91. The van der Waals surface area contributed by atoms with E-state index >= 15 is 0 Å². The van der Waals surface area contributed by atoms with Crippen molar-refractivity contribution in [3.63, 3.8) is 0 Å². The number of carbonyl (C=O) groups is 1. The SMILES string of the molecule is Cc1ccc(N2CC(N(C)C)C2)cc1C(=O)NC1(n2nnc3c(N)ncnc32)CC1. The van der Waals surface area contributed by atoms with Gasteiger partial charge in [-0.1, -0.05) is 11.3 Å². The molecule has 1 aliphatic carbocycles. The molecule has 0 unspecified atom stereocenters. The zero-order valence-corrected chi connectivity index (χ0v) is 17.3. The quantitative estimate of drug-likeness (QED) is 0.636. The summed E-state index contributed by atoms with van der Waals surface area (Å²) in [5.74, 6) is 0.157. The number of rotatable bonds is 5. The van der Waals surface area contributed by atoms with Crippen molar-refractivity contribution in [2.45, 2.75) is 31.5 Å². The Hall–Kier alpha value is -3.27. The van der Waals surface area contributed by atoms with E-state index in [0.29, 0.717) is 22.8 Å². The average Bonchev–Trinajstić information content (AvgIpc) is 3.29. The molecule has 5 rings (SSSR count). The lowest BCUT2D eigenvalue weighted by Crippen LogP contribution is -2.57. The summed E-state index contributed by atoms with van der Waals surface area (Å²) in [6.45, 7) is 3.88. The van der Waals surface area contributed by atoms with Gasteiger partial charge < -0.3 is 20.9 Å². The van der Waals surface area contributed by atoms with Gasteiger partial charge in [-0.05, 0) is 51.6 Å². The Morgan fingerprint density at radius 2 is 2.03 bits per heavy atom. The summed E-state index contributed by atoms with van der Waals surface area (Å²) in [5, 5.41) is 11.5. The van der Waals surface area contributed by atoms with Crippen LogP contribution in [0.2, 0.25) is 0 Å². The lowest BCUT2D eigenvalue weighted by molar-refractivity contribution is 0.0905. The number of hydrogen-bond acceptors (Lipinski definition) is 8. The first-order valence-corrected chi connectivity index (χ1v) is 10.0. The van der Waals surface area contributed by atoms with Crippen LogP contribution in [0.5, 0.6) is 0 Å². The summed E-state index contributed by atoms with van der Waals surface area (Å²) >= 11 is 0. The van der Waals surface area contributed by atoms with E-state index in [2.05, 4.69) is 55.6 Å². The molecule has 30 heavy (non-hydrogen) atoms. The minimum atomic E-state index is -0.623. The van der Waals surface area contributed by atoms with Gasteiger partial charge in [0.1, 0.15) is 12.0 Å². The first-order valence-electron chi connectivity index (χ1n) is 10.0. The van der Waals surface area contributed by atoms with E-state index in [1.165, 1.54) is 6.33 Å². The molecule has 3 heterocycles. The zero-order chi connectivity index (χ0) is 21.0. The van der Waals surface area contributed by atoms with Gasteiger partial charge in [0.2, 0.25) is 0 Å². The maximum absolute atomic E-state index is 13.2. The second kappa shape index (κ2) is 6.63. The second-order valence-electron chi connectivity index (χ2n) is 8.44. The van der Waals surface area contributed by atoms with Crippen molar-refractivity contribution >= 4 is 28.6 Å². The molecule has 3 N–H and O–H groups in total. The van der Waals surface area contributed by atoms with Gasteiger partial charge in [-0.25, -0.2) is 14.6 Å². The van der Waals surface area contributed by atoms with Crippen LogP contribution in [0.15, 0.2) is 24.5 Å². The van der Waals surface area contributed by atoms with Crippen LogP contribution in [0, 0.1) is 6.92 Å². The van der Waals surface area contributed by atoms with Crippen molar-refractivity contribution < 1.29 is 4.79 Å². The van der Waals surface area contributed by atoms with Crippen LogP contribution in [0.1, 0.15) is 28.8 Å². The molecule has 0 bridgehead atoms. The van der Waals surface area contributed by atoms with Gasteiger partial charge in [-0.15, -0.1) is 5.10 Å². The molecule has 1 saturated carbocycles. The van der Waals surface area contributed by atoms with Crippen LogP contribution >= 0.6 is 0 Å². The van der Waals surface area contributed by atoms with Gasteiger partial charge in [0.15, 0.2) is 17.0 Å². The normalized spacial score (nSPS) is 17.9. The number of amides is 1. The lowest BCUT2D eigenvalue weighted by atomic mass is 10.0. The van der Waals surface area contributed by atoms with Gasteiger partial charge in [0, 0.05) is 30.4 Å². The first kappa shape index (κ1) is 18.7. The van der Waals surface area contributed by atoms with E-state index < -0.39 is 5.66 Å². The molecule has 1 aliphatic heterocycles. The Labute approximate surface area is 174 Å². The Morgan fingerprint density at radius 3 is 2.73 bits per heavy atom. The highest BCUT2D eigenvalue weighted by atomic mass is 16.2. The summed E-state index contributed by atoms with van der Waals surface area (Å²) in [6.07, 6.45) is 2.91. The fraction of sp³-hybridized carbons (Fsp3) is 0.450. The van der Waals surface area contributed by atoms with Crippen LogP contribution in [0.3, 0.4) is 0 Å². The number of anilines is 2. The van der Waals surface area contributed by atoms with E-state index in [4.69, 9.17) is 5.73 Å². The van der Waals surface area contributed by atoms with Crippen molar-refractivity contribution in [1.29, 1.82) is 0 Å². The van der Waals surface area contributed by atoms with Gasteiger partial charge in [0.05, 0.1) is 0 Å². The molecular weight excluding hydrogens is 382 g/mol. The summed E-state index contributed by atoms with van der Waals surface area (Å²) in [6, 6.07) is 6.61. The number of nitrogens with one attached hydrogen (secondary N) is 1. The van der Waals surface area contributed by atoms with Crippen molar-refractivity contribution in [3.05, 3.63) is 35.7 Å². The standard InChI is InChI=1S/C20H25N9O/c1-12-4-5-13(28-9-14(10-28)27(2)3)8-15(12)19(30)24-20(6-7-20)29-18-16(25-26-29)17(21)22-11-23-18/h4-5,8,11,14H,6-7,9-10H2,1-3H3,(H,24,30)(H2,21,22,23). The number of carbonyl (C=O) groups excluding carboxylic acids is 1. The number of hydrogen-bond donors (Lipinski definition) is 2. The number of aromatic nitrogens is 5. The Balaban J connectivity index is 1.39. The number of nitrogens with two attached hydrogens (primary N) is 1. The Morgan fingerprint density at radius 1 is 1.27 bits per heavy atom. The molecule has 10 nitrogen and oxygen atoms in total. The molecule has 2 aliphatic rings. The molecule has 1 saturated heterocycles. The third-order valence-electron chi connectivity index (χ3n) is 6.16. The van der Waals surface area contributed by atoms with Gasteiger partial charge >= 0.3 is 0 Å². The topological polar surface area (TPSA) is 118 Å². The molecule has 156 valence electrons. The molecule has 1 aromatic carbocycles. The molecule has 0 radical (unpaired) electrons. The highest BCUT2D eigenvalue weighted by Gasteiger charge is 2.49. The summed E-state index contributed by atoms with van der Waals surface area (Å²) in [4.78, 5) is 26.0. The fourth-order valence-corrected chi connectivity index (χ4v) is 3.88. The third kappa shape index (κ3) is 2.95. The molecule has 10 heteroatoms. The number of nitrogen functional groups attached to an aromatic ring is 1. The summed E-state index contributed by atoms with van der Waals surface area (Å²) < 4.78 is 1.66. The molecular formula is C20H25N9O. The number of benzene rings is 1. The van der Waals surface area contributed by atoms with Gasteiger partial charge in [0.25, 0.3) is 5.91 Å². The zero-order valence-electron chi connectivity index (χ0n) is 17.3. The smallest absolute Gasteiger partial charge is 0.253 e. The molecule has 0 atom stereocenters. The number of aryl methyl sites for hydroxylation is 1. The predicted octanol–water partition coefficient (Wildman–Crippen LogP) is 0.739. The monoisotopic (exact) mass is 407 g/mol. The van der Waals surface area contributed by atoms with Crippen molar-refractivity contribution in [2.75, 3.05) is 37.8 Å². The highest BCUT2D eigenvalue weighted by Crippen LogP contribution is 2.42. The van der Waals surface area contributed by atoms with E-state index in [1.807, 2.05) is 19.1 Å². The van der Waals surface area contributed by atoms with Crippen molar-refractivity contribution in [2.24, 2.45) is 0 Å². The maximum Gasteiger partial charge on any atom is 0.253 e. The number of likely N-dealkylation sites (N-methyl/N-ethyl adjacent to an activating group) is 1. The number of nitrogens with zero attached hydrogens (tertiary/aromatic N) is 7. The molecule has 2 aromatic heterocycles. The van der Waals surface area contributed by atoms with Crippen molar-refractivity contribution in [3.8, 4) is 0 Å². The van der Waals surface area contributed by atoms with Crippen LogP contribution in [-0.2, 0) is 5.66 Å². The third-order valence-corrected chi connectivity index (χ3v) is 6.16. The van der Waals surface area contributed by atoms with Crippen LogP contribution in [-0.4, -0.2) is 69.0 Å². The first-order chi connectivity index (χ1) is 14.4. The fourth-order valence-electron chi connectivity index (χ4n) is 3.88. The molecule has 1 amide bonds. The van der Waals surface area contributed by atoms with Crippen molar-refractivity contribution in [1.82, 2.24) is 35.2 Å². The van der Waals surface area contributed by atoms with E-state index in [0.717, 1.165) is 37.2 Å².